The smallest absolute Gasteiger partial charge is 0.339 e. The van der Waals surface area contributed by atoms with E-state index in [1.807, 2.05) is 5.32 Å². The summed E-state index contributed by atoms with van der Waals surface area (Å²) in [6, 6.07) is 3.15. The lowest BCUT2D eigenvalue weighted by atomic mass is 9.96. The van der Waals surface area contributed by atoms with E-state index in [9.17, 15) is 26.4 Å². The standard InChI is InChI=1S/C19H28N4O7S2/c1-31(26,27)23(16-7-3-2-4-8-16)19(25)21-18(24)20-15-6-5-9-17(14-15)32(28,29)22-10-12-30-13-11-22/h5-6,9,14,16H,2-4,7-8,10-13H2,1H3,(H2,20,21,24,25). The zero-order valence-electron chi connectivity index (χ0n) is 17.8. The molecule has 1 aromatic carbocycles. The number of hydrogen-bond acceptors (Lipinski definition) is 7. The van der Waals surface area contributed by atoms with E-state index in [2.05, 4.69) is 5.32 Å². The van der Waals surface area contributed by atoms with Gasteiger partial charge in [-0.05, 0) is 31.0 Å². The Balaban J connectivity index is 1.69. The van der Waals surface area contributed by atoms with Crippen LogP contribution in [0.15, 0.2) is 29.2 Å². The highest BCUT2D eigenvalue weighted by molar-refractivity contribution is 7.89. The number of rotatable bonds is 5. The second-order valence-electron chi connectivity index (χ2n) is 7.78. The minimum absolute atomic E-state index is 0.0107. The van der Waals surface area contributed by atoms with Crippen LogP contribution in [0.1, 0.15) is 32.1 Å². The van der Waals surface area contributed by atoms with Gasteiger partial charge in [0.2, 0.25) is 20.0 Å². The Morgan fingerprint density at radius 3 is 2.34 bits per heavy atom. The Kier molecular flexibility index (Phi) is 7.75. The molecule has 0 atom stereocenters. The number of anilines is 1. The Bertz CT molecular complexity index is 1050. The van der Waals surface area contributed by atoms with E-state index in [-0.39, 0.29) is 23.7 Å². The average molecular weight is 489 g/mol. The second kappa shape index (κ2) is 10.1. The van der Waals surface area contributed by atoms with Gasteiger partial charge >= 0.3 is 12.1 Å². The predicted molar refractivity (Wildman–Crippen MR) is 117 cm³/mol. The van der Waals surface area contributed by atoms with Gasteiger partial charge in [-0.1, -0.05) is 25.3 Å². The number of amides is 4. The third kappa shape index (κ3) is 5.97. The molecule has 2 fully saturated rings. The molecule has 32 heavy (non-hydrogen) atoms. The quantitative estimate of drug-likeness (QED) is 0.640. The van der Waals surface area contributed by atoms with Crippen molar-refractivity contribution in [3.63, 3.8) is 0 Å². The molecular weight excluding hydrogens is 460 g/mol. The van der Waals surface area contributed by atoms with E-state index in [1.165, 1.54) is 28.6 Å². The molecule has 1 heterocycles. The Morgan fingerprint density at radius 2 is 1.72 bits per heavy atom. The monoisotopic (exact) mass is 488 g/mol. The van der Waals surface area contributed by atoms with Gasteiger partial charge in [0.1, 0.15) is 0 Å². The number of nitrogens with zero attached hydrogens (tertiary/aromatic N) is 2. The molecule has 0 spiro atoms. The summed E-state index contributed by atoms with van der Waals surface area (Å²) < 4.78 is 57.1. The van der Waals surface area contributed by atoms with Crippen LogP contribution in [0.5, 0.6) is 0 Å². The zero-order chi connectivity index (χ0) is 23.4. The number of imide groups is 1. The van der Waals surface area contributed by atoms with E-state index in [0.717, 1.165) is 29.8 Å². The van der Waals surface area contributed by atoms with Crippen LogP contribution in [0.2, 0.25) is 0 Å². The number of nitrogens with one attached hydrogen (secondary N) is 2. The van der Waals surface area contributed by atoms with Crippen molar-refractivity contribution in [2.75, 3.05) is 37.9 Å². The van der Waals surface area contributed by atoms with Gasteiger partial charge in [-0.25, -0.2) is 30.7 Å². The number of urea groups is 2. The largest absolute Gasteiger partial charge is 0.379 e. The number of morpholine rings is 1. The highest BCUT2D eigenvalue weighted by atomic mass is 32.2. The number of carbonyl (C=O) groups excluding carboxylic acids is 2. The maximum atomic E-state index is 12.8. The summed E-state index contributed by atoms with van der Waals surface area (Å²) in [6.07, 6.45) is 4.60. The van der Waals surface area contributed by atoms with Crippen LogP contribution in [0.4, 0.5) is 15.3 Å². The van der Waals surface area contributed by atoms with E-state index < -0.39 is 38.2 Å². The number of carbonyl (C=O) groups is 2. The van der Waals surface area contributed by atoms with Gasteiger partial charge in [0.05, 0.1) is 24.4 Å². The Morgan fingerprint density at radius 1 is 1.06 bits per heavy atom. The van der Waals surface area contributed by atoms with Crippen molar-refractivity contribution in [2.45, 2.75) is 43.0 Å². The molecule has 13 heteroatoms. The third-order valence-electron chi connectivity index (χ3n) is 5.38. The number of benzene rings is 1. The molecule has 0 unspecified atom stereocenters. The minimum atomic E-state index is -3.87. The fraction of sp³-hybridized carbons (Fsp3) is 0.579. The van der Waals surface area contributed by atoms with Gasteiger partial charge in [0.25, 0.3) is 0 Å². The lowest BCUT2D eigenvalue weighted by Crippen LogP contribution is -2.51. The van der Waals surface area contributed by atoms with Crippen molar-refractivity contribution in [3.8, 4) is 0 Å². The minimum Gasteiger partial charge on any atom is -0.379 e. The lowest BCUT2D eigenvalue weighted by molar-refractivity contribution is 0.0730. The first-order valence-electron chi connectivity index (χ1n) is 10.4. The molecule has 1 saturated heterocycles. The fourth-order valence-electron chi connectivity index (χ4n) is 3.89. The average Bonchev–Trinajstić information content (AvgIpc) is 2.74. The number of hydrogen-bond donors (Lipinski definition) is 2. The van der Waals surface area contributed by atoms with Crippen molar-refractivity contribution in [2.24, 2.45) is 0 Å². The van der Waals surface area contributed by atoms with Crippen LogP contribution >= 0.6 is 0 Å². The summed E-state index contributed by atoms with van der Waals surface area (Å²) in [5.41, 5.74) is 0.146. The summed E-state index contributed by atoms with van der Waals surface area (Å²) in [5, 5.41) is 4.43. The van der Waals surface area contributed by atoms with Crippen molar-refractivity contribution < 1.29 is 31.2 Å². The van der Waals surface area contributed by atoms with Crippen molar-refractivity contribution >= 4 is 37.8 Å². The molecule has 1 saturated carbocycles. The summed E-state index contributed by atoms with van der Waals surface area (Å²) in [6.45, 7) is 1.08. The molecule has 0 radical (unpaired) electrons. The van der Waals surface area contributed by atoms with Crippen molar-refractivity contribution in [1.29, 1.82) is 0 Å². The highest BCUT2D eigenvalue weighted by Gasteiger charge is 2.33. The fourth-order valence-corrected chi connectivity index (χ4v) is 6.44. The molecule has 1 aromatic rings. The van der Waals surface area contributed by atoms with Gasteiger partial charge in [0.15, 0.2) is 0 Å². The summed E-state index contributed by atoms with van der Waals surface area (Å²) >= 11 is 0. The molecule has 1 aliphatic carbocycles. The maximum absolute atomic E-state index is 12.8. The van der Waals surface area contributed by atoms with Crippen LogP contribution in [0.3, 0.4) is 0 Å². The topological polar surface area (TPSA) is 142 Å². The van der Waals surface area contributed by atoms with Crippen LogP contribution in [0, 0.1) is 0 Å². The van der Waals surface area contributed by atoms with Crippen molar-refractivity contribution in [3.05, 3.63) is 24.3 Å². The van der Waals surface area contributed by atoms with Crippen LogP contribution in [-0.4, -0.2) is 76.1 Å². The van der Waals surface area contributed by atoms with E-state index in [0.29, 0.717) is 26.1 Å². The molecule has 4 amide bonds. The third-order valence-corrected chi connectivity index (χ3v) is 8.46. The molecule has 0 aromatic heterocycles. The normalized spacial score (nSPS) is 18.7. The lowest BCUT2D eigenvalue weighted by Gasteiger charge is -2.32. The molecule has 11 nitrogen and oxygen atoms in total. The van der Waals surface area contributed by atoms with Gasteiger partial charge in [-0.3, -0.25) is 5.32 Å². The molecule has 178 valence electrons. The molecule has 2 aliphatic rings. The first-order valence-corrected chi connectivity index (χ1v) is 13.7. The van der Waals surface area contributed by atoms with Crippen LogP contribution in [0.25, 0.3) is 0 Å². The molecule has 1 aliphatic heterocycles. The Labute approximate surface area is 188 Å². The summed E-state index contributed by atoms with van der Waals surface area (Å²) in [5.74, 6) is 0. The molecule has 3 rings (SSSR count). The van der Waals surface area contributed by atoms with Crippen LogP contribution < -0.4 is 10.6 Å². The maximum Gasteiger partial charge on any atom is 0.339 e. The molecule has 0 bridgehead atoms. The number of sulfonamides is 2. The Hall–Kier alpha value is -2.22. The van der Waals surface area contributed by atoms with Crippen molar-refractivity contribution in [1.82, 2.24) is 13.9 Å². The zero-order valence-corrected chi connectivity index (χ0v) is 19.5. The summed E-state index contributed by atoms with van der Waals surface area (Å²) in [4.78, 5) is 24.9. The van der Waals surface area contributed by atoms with Gasteiger partial charge in [-0.15, -0.1) is 0 Å². The van der Waals surface area contributed by atoms with Crippen LogP contribution in [-0.2, 0) is 24.8 Å². The number of ether oxygens (including phenoxy) is 1. The first-order chi connectivity index (χ1) is 15.1. The molecule has 2 N–H and O–H groups in total. The van der Waals surface area contributed by atoms with E-state index in [4.69, 9.17) is 4.74 Å². The second-order valence-corrected chi connectivity index (χ2v) is 11.6. The van der Waals surface area contributed by atoms with Gasteiger partial charge in [0, 0.05) is 24.8 Å². The summed E-state index contributed by atoms with van der Waals surface area (Å²) in [7, 11) is -7.64. The SMILES string of the molecule is CS(=O)(=O)N(C(=O)NC(=O)Nc1cccc(S(=O)(=O)N2CCOCC2)c1)C1CCCCC1. The van der Waals surface area contributed by atoms with Gasteiger partial charge < -0.3 is 10.1 Å². The van der Waals surface area contributed by atoms with E-state index in [1.54, 1.807) is 0 Å². The predicted octanol–water partition coefficient (Wildman–Crippen LogP) is 1.54. The first kappa shape index (κ1) is 24.4. The van der Waals surface area contributed by atoms with Gasteiger partial charge in [-0.2, -0.15) is 4.31 Å². The highest BCUT2D eigenvalue weighted by Crippen LogP contribution is 2.25. The molecular formula is C19H28N4O7S2. The van der Waals surface area contributed by atoms with E-state index >= 15 is 0 Å².